The molecule has 0 aliphatic carbocycles. The molecule has 2 aliphatic rings. The van der Waals surface area contributed by atoms with E-state index in [0.29, 0.717) is 5.92 Å². The van der Waals surface area contributed by atoms with Crippen molar-refractivity contribution in [2.45, 2.75) is 31.6 Å². The van der Waals surface area contributed by atoms with Gasteiger partial charge in [0.15, 0.2) is 0 Å². The molecule has 64 valence electrons. The maximum Gasteiger partial charge on any atom is 0.0991 e. The van der Waals surface area contributed by atoms with Crippen molar-refractivity contribution in [2.75, 3.05) is 13.2 Å². The Hall–Kier alpha value is -0.120. The molecule has 2 heterocycles. The van der Waals surface area contributed by atoms with Crippen molar-refractivity contribution in [2.24, 2.45) is 11.7 Å². The third kappa shape index (κ3) is 1.17. The second-order valence-corrected chi connectivity index (χ2v) is 3.55. The number of nitrogens with two attached hydrogens (primary N) is 1. The molecular weight excluding hydrogens is 142 g/mol. The monoisotopic (exact) mass is 157 g/mol. The van der Waals surface area contributed by atoms with Crippen LogP contribution in [0.15, 0.2) is 0 Å². The van der Waals surface area contributed by atoms with Crippen LogP contribution in [0.4, 0.5) is 0 Å². The summed E-state index contributed by atoms with van der Waals surface area (Å²) in [6.07, 6.45) is 1.46. The highest BCUT2D eigenvalue weighted by molar-refractivity contribution is 4.91. The first-order valence-corrected chi connectivity index (χ1v) is 4.28. The smallest absolute Gasteiger partial charge is 0.0991 e. The average Bonchev–Trinajstić information content (AvgIpc) is 2.45. The zero-order chi connectivity index (χ0) is 7.84. The summed E-state index contributed by atoms with van der Waals surface area (Å²) in [5.41, 5.74) is 5.96. The maximum atomic E-state index is 5.96. The Bertz CT molecular complexity index is 151. The van der Waals surface area contributed by atoms with Gasteiger partial charge in [-0.05, 0) is 12.3 Å². The van der Waals surface area contributed by atoms with E-state index in [-0.39, 0.29) is 18.2 Å². The van der Waals surface area contributed by atoms with E-state index in [9.17, 15) is 0 Å². The molecule has 2 saturated heterocycles. The zero-order valence-corrected chi connectivity index (χ0v) is 6.82. The molecule has 0 aromatic carbocycles. The van der Waals surface area contributed by atoms with Gasteiger partial charge >= 0.3 is 0 Å². The Morgan fingerprint density at radius 2 is 2.18 bits per heavy atom. The lowest BCUT2D eigenvalue weighted by Crippen LogP contribution is -2.51. The van der Waals surface area contributed by atoms with E-state index in [0.717, 1.165) is 19.6 Å². The predicted octanol–water partition coefficient (Wildman–Crippen LogP) is 0.138. The van der Waals surface area contributed by atoms with Crippen LogP contribution in [0.25, 0.3) is 0 Å². The quantitative estimate of drug-likeness (QED) is 0.544. The van der Waals surface area contributed by atoms with Gasteiger partial charge in [0.1, 0.15) is 0 Å². The number of rotatable bonds is 0. The van der Waals surface area contributed by atoms with Crippen LogP contribution in [-0.4, -0.2) is 31.5 Å². The molecule has 2 fully saturated rings. The minimum absolute atomic E-state index is 0.166. The summed E-state index contributed by atoms with van der Waals surface area (Å²) in [6.45, 7) is 3.73. The molecule has 2 aliphatic heterocycles. The molecule has 11 heavy (non-hydrogen) atoms. The van der Waals surface area contributed by atoms with Gasteiger partial charge in [0.2, 0.25) is 0 Å². The van der Waals surface area contributed by atoms with Crippen molar-refractivity contribution in [1.82, 2.24) is 0 Å². The van der Waals surface area contributed by atoms with Crippen LogP contribution in [0, 0.1) is 5.92 Å². The van der Waals surface area contributed by atoms with Gasteiger partial charge in [0, 0.05) is 12.6 Å². The van der Waals surface area contributed by atoms with E-state index < -0.39 is 0 Å². The number of hydrogen-bond acceptors (Lipinski definition) is 3. The summed E-state index contributed by atoms with van der Waals surface area (Å²) in [5, 5.41) is 0. The fourth-order valence-electron chi connectivity index (χ4n) is 1.84. The lowest BCUT2D eigenvalue weighted by molar-refractivity contribution is -0.0820. The van der Waals surface area contributed by atoms with Gasteiger partial charge in [-0.1, -0.05) is 6.92 Å². The normalized spacial score (nSPS) is 50.7. The van der Waals surface area contributed by atoms with E-state index in [1.54, 1.807) is 0 Å². The third-order valence-corrected chi connectivity index (χ3v) is 2.69. The van der Waals surface area contributed by atoms with Gasteiger partial charge in [0.05, 0.1) is 18.8 Å². The zero-order valence-electron chi connectivity index (χ0n) is 6.82. The van der Waals surface area contributed by atoms with Crippen LogP contribution in [-0.2, 0) is 9.47 Å². The Balaban J connectivity index is 2.06. The number of ether oxygens (including phenoxy) is 2. The minimum Gasteiger partial charge on any atom is -0.375 e. The van der Waals surface area contributed by atoms with Crippen molar-refractivity contribution >= 4 is 0 Å². The summed E-state index contributed by atoms with van der Waals surface area (Å²) in [6, 6.07) is 0.177. The van der Waals surface area contributed by atoms with Gasteiger partial charge in [-0.3, -0.25) is 0 Å². The maximum absolute atomic E-state index is 5.96. The van der Waals surface area contributed by atoms with Crippen LogP contribution in [0.5, 0.6) is 0 Å². The minimum atomic E-state index is 0.166. The molecule has 0 aromatic rings. The van der Waals surface area contributed by atoms with Gasteiger partial charge < -0.3 is 15.2 Å². The van der Waals surface area contributed by atoms with Crippen molar-refractivity contribution < 1.29 is 9.47 Å². The fraction of sp³-hybridized carbons (Fsp3) is 1.00. The highest BCUT2D eigenvalue weighted by Crippen LogP contribution is 2.27. The first-order chi connectivity index (χ1) is 5.29. The molecule has 3 unspecified atom stereocenters. The summed E-state index contributed by atoms with van der Waals surface area (Å²) in [7, 11) is 0. The van der Waals surface area contributed by atoms with Gasteiger partial charge in [-0.25, -0.2) is 0 Å². The Kier molecular flexibility index (Phi) is 1.87. The molecule has 3 heteroatoms. The topological polar surface area (TPSA) is 44.5 Å². The first kappa shape index (κ1) is 7.53. The average molecular weight is 157 g/mol. The lowest BCUT2D eigenvalue weighted by atomic mass is 9.92. The van der Waals surface area contributed by atoms with Crippen LogP contribution in [0.3, 0.4) is 0 Å². The molecule has 3 nitrogen and oxygen atoms in total. The van der Waals surface area contributed by atoms with E-state index >= 15 is 0 Å². The van der Waals surface area contributed by atoms with E-state index in [4.69, 9.17) is 15.2 Å². The highest BCUT2D eigenvalue weighted by atomic mass is 16.6. The summed E-state index contributed by atoms with van der Waals surface area (Å²) >= 11 is 0. The van der Waals surface area contributed by atoms with Crippen LogP contribution in [0.1, 0.15) is 13.3 Å². The molecule has 0 radical (unpaired) electrons. The predicted molar refractivity (Wildman–Crippen MR) is 41.2 cm³/mol. The van der Waals surface area contributed by atoms with Crippen molar-refractivity contribution in [3.63, 3.8) is 0 Å². The first-order valence-electron chi connectivity index (χ1n) is 4.28. The fourth-order valence-corrected chi connectivity index (χ4v) is 1.84. The van der Waals surface area contributed by atoms with Gasteiger partial charge in [-0.15, -0.1) is 0 Å². The molecule has 4 atom stereocenters. The molecule has 2 rings (SSSR count). The summed E-state index contributed by atoms with van der Waals surface area (Å²) < 4.78 is 11.1. The van der Waals surface area contributed by atoms with Crippen LogP contribution < -0.4 is 5.73 Å². The second kappa shape index (κ2) is 2.73. The number of fused-ring (bicyclic) bond motifs is 1. The third-order valence-electron chi connectivity index (χ3n) is 2.69. The van der Waals surface area contributed by atoms with Gasteiger partial charge in [0.25, 0.3) is 0 Å². The van der Waals surface area contributed by atoms with Crippen molar-refractivity contribution in [3.8, 4) is 0 Å². The molecule has 2 N–H and O–H groups in total. The Morgan fingerprint density at radius 1 is 1.36 bits per heavy atom. The SMILES string of the molecule is CC1CO[C@H]2CCOC2C1N. The van der Waals surface area contributed by atoms with E-state index in [1.165, 1.54) is 0 Å². The van der Waals surface area contributed by atoms with Crippen molar-refractivity contribution in [1.29, 1.82) is 0 Å². The molecular formula is C8H15NO2. The second-order valence-electron chi connectivity index (χ2n) is 3.55. The lowest BCUT2D eigenvalue weighted by Gasteiger charge is -2.34. The Morgan fingerprint density at radius 3 is 3.00 bits per heavy atom. The van der Waals surface area contributed by atoms with E-state index in [1.807, 2.05) is 0 Å². The van der Waals surface area contributed by atoms with Crippen LogP contribution in [0.2, 0.25) is 0 Å². The van der Waals surface area contributed by atoms with Crippen LogP contribution >= 0.6 is 0 Å². The number of hydrogen-bond donors (Lipinski definition) is 1. The summed E-state index contributed by atoms with van der Waals surface area (Å²) in [5.74, 6) is 0.439. The molecule has 0 saturated carbocycles. The molecule has 0 amide bonds. The Labute approximate surface area is 66.8 Å². The standard InChI is InChI=1S/C8H15NO2/c1-5-4-11-6-2-3-10-8(6)7(5)9/h5-8H,2-4,9H2,1H3/t5?,6-,7?,8?/m0/s1. The van der Waals surface area contributed by atoms with Crippen molar-refractivity contribution in [3.05, 3.63) is 0 Å². The summed E-state index contributed by atoms with van der Waals surface area (Å²) in [4.78, 5) is 0. The van der Waals surface area contributed by atoms with E-state index in [2.05, 4.69) is 6.92 Å². The molecule has 0 aromatic heterocycles. The molecule has 0 spiro atoms. The largest absolute Gasteiger partial charge is 0.375 e. The highest BCUT2D eigenvalue weighted by Gasteiger charge is 2.40. The molecule has 0 bridgehead atoms. The van der Waals surface area contributed by atoms with Gasteiger partial charge in [-0.2, -0.15) is 0 Å².